The highest BCUT2D eigenvalue weighted by atomic mass is 32.1. The van der Waals surface area contributed by atoms with Crippen LogP contribution in [0.1, 0.15) is 148 Å². The maximum Gasteiger partial charge on any atom is 0.213 e. The molecule has 9 heteroatoms. The van der Waals surface area contributed by atoms with Crippen molar-refractivity contribution in [2.45, 2.75) is 159 Å². The summed E-state index contributed by atoms with van der Waals surface area (Å²) >= 11 is 3.47. The average molecular weight is 763 g/mol. The third-order valence-corrected chi connectivity index (χ3v) is 9.57. The van der Waals surface area contributed by atoms with E-state index in [9.17, 15) is 0 Å². The monoisotopic (exact) mass is 763 g/mol. The molecular formula is C44H70N6OS2. The molecule has 0 aliphatic carbocycles. The van der Waals surface area contributed by atoms with Gasteiger partial charge in [-0.3, -0.25) is 9.67 Å². The van der Waals surface area contributed by atoms with Gasteiger partial charge in [-0.1, -0.05) is 95.2 Å². The van der Waals surface area contributed by atoms with Gasteiger partial charge < -0.3 is 4.74 Å². The number of nitrogens with zero attached hydrogens (tertiary/aromatic N) is 6. The zero-order valence-electron chi connectivity index (χ0n) is 36.7. The van der Waals surface area contributed by atoms with Crippen LogP contribution in [-0.4, -0.2) is 36.8 Å². The van der Waals surface area contributed by atoms with E-state index in [0.29, 0.717) is 5.88 Å². The lowest BCUT2D eigenvalue weighted by Gasteiger charge is -2.18. The minimum absolute atomic E-state index is 0.0918. The number of rotatable bonds is 1. The normalized spacial score (nSPS) is 11.8. The van der Waals surface area contributed by atoms with E-state index in [0.717, 1.165) is 33.5 Å². The van der Waals surface area contributed by atoms with E-state index in [2.05, 4.69) is 152 Å². The van der Waals surface area contributed by atoms with Crippen molar-refractivity contribution in [1.82, 2.24) is 29.7 Å². The first-order valence-electron chi connectivity index (χ1n) is 18.4. The topological polar surface area (TPSA) is 78.6 Å². The molecule has 5 aromatic rings. The lowest BCUT2D eigenvalue weighted by atomic mass is 9.91. The first kappa shape index (κ1) is 47.6. The Hall–Kier alpha value is -3.43. The van der Waals surface area contributed by atoms with Crippen molar-refractivity contribution in [1.29, 1.82) is 0 Å². The molecule has 0 saturated heterocycles. The van der Waals surface area contributed by atoms with Crippen molar-refractivity contribution in [2.24, 2.45) is 0 Å². The van der Waals surface area contributed by atoms with Crippen LogP contribution in [0.3, 0.4) is 0 Å². The van der Waals surface area contributed by atoms with Crippen LogP contribution in [0.15, 0.2) is 59.4 Å². The van der Waals surface area contributed by atoms with E-state index in [-0.39, 0.29) is 27.2 Å². The molecule has 7 nitrogen and oxygen atoms in total. The SMILES string of the molecule is COc1cccc(C(C)(C)C)n1.Cc1cccc(C(C)(C)C)n1.Cc1ccn(C(C)(C)C)n1.Cc1csc(C(C)(C)C)n1.Cc1nc(C(C)(C)C)cs1. The van der Waals surface area contributed by atoms with Crippen molar-refractivity contribution in [3.8, 4) is 5.88 Å². The standard InChI is InChI=1S/C10H15NO.C10H15N.C8H14N2.2C8H13NS/c1-10(2,3)8-6-5-7-9(11-8)12-4;1-8-6-5-7-9(11-8)10(2,3)4;1-7-5-6-10(9-7)8(2,3)4;1-6-9-7(5-10-6)8(2,3)4;1-6-5-10-7(9-6)8(2,3)4/h5-7H,1-4H3;5-7H,1-4H3;5-6H,1-4H3;2*5H,1-4H3. The minimum atomic E-state index is 0.0918. The molecule has 0 N–H and O–H groups in total. The third kappa shape index (κ3) is 18.4. The predicted molar refractivity (Wildman–Crippen MR) is 230 cm³/mol. The van der Waals surface area contributed by atoms with E-state index < -0.39 is 0 Å². The summed E-state index contributed by atoms with van der Waals surface area (Å²) < 4.78 is 7.01. The maximum absolute atomic E-state index is 5.04. The van der Waals surface area contributed by atoms with Gasteiger partial charge in [-0.25, -0.2) is 15.0 Å². The number of aryl methyl sites for hydroxylation is 4. The molecule has 53 heavy (non-hydrogen) atoms. The van der Waals surface area contributed by atoms with Crippen LogP contribution in [0.25, 0.3) is 0 Å². The first-order valence-corrected chi connectivity index (χ1v) is 20.1. The second-order valence-corrected chi connectivity index (χ2v) is 20.3. The summed E-state index contributed by atoms with van der Waals surface area (Å²) in [5, 5.41) is 10.9. The number of pyridine rings is 2. The molecule has 0 aromatic carbocycles. The molecular weight excluding hydrogens is 693 g/mol. The summed E-state index contributed by atoms with van der Waals surface area (Å²) in [6.07, 6.45) is 2.01. The number of methoxy groups -OCH3 is 1. The van der Waals surface area contributed by atoms with Gasteiger partial charge in [0.15, 0.2) is 0 Å². The molecule has 0 saturated carbocycles. The van der Waals surface area contributed by atoms with Gasteiger partial charge >= 0.3 is 0 Å². The molecule has 5 heterocycles. The van der Waals surface area contributed by atoms with E-state index in [1.807, 2.05) is 68.9 Å². The number of hydrogen-bond acceptors (Lipinski definition) is 8. The summed E-state index contributed by atoms with van der Waals surface area (Å²) in [5.41, 5.74) is 7.55. The van der Waals surface area contributed by atoms with E-state index >= 15 is 0 Å². The van der Waals surface area contributed by atoms with Crippen molar-refractivity contribution in [2.75, 3.05) is 7.11 Å². The Bertz CT molecular complexity index is 1660. The summed E-state index contributed by atoms with van der Waals surface area (Å²) in [5.74, 6) is 0.683. The summed E-state index contributed by atoms with van der Waals surface area (Å²) in [6, 6.07) is 14.0. The van der Waals surface area contributed by atoms with Gasteiger partial charge in [0.25, 0.3) is 0 Å². The number of hydrogen-bond donors (Lipinski definition) is 0. The lowest BCUT2D eigenvalue weighted by Crippen LogP contribution is -2.22. The van der Waals surface area contributed by atoms with Crippen LogP contribution in [-0.2, 0) is 27.2 Å². The molecule has 0 amide bonds. The van der Waals surface area contributed by atoms with Crippen molar-refractivity contribution in [3.63, 3.8) is 0 Å². The molecule has 5 rings (SSSR count). The van der Waals surface area contributed by atoms with Crippen molar-refractivity contribution < 1.29 is 4.74 Å². The van der Waals surface area contributed by atoms with Gasteiger partial charge in [-0.15, -0.1) is 22.7 Å². The number of aromatic nitrogens is 6. The highest BCUT2D eigenvalue weighted by Crippen LogP contribution is 2.26. The second-order valence-electron chi connectivity index (χ2n) is 18.3. The molecule has 0 unspecified atom stereocenters. The molecule has 0 aliphatic rings. The summed E-state index contributed by atoms with van der Waals surface area (Å²) in [7, 11) is 1.63. The fraction of sp³-hybridized carbons (Fsp3) is 0.568. The molecule has 0 atom stereocenters. The van der Waals surface area contributed by atoms with E-state index in [1.165, 1.54) is 10.7 Å². The van der Waals surface area contributed by atoms with Crippen LogP contribution < -0.4 is 4.74 Å². The highest BCUT2D eigenvalue weighted by molar-refractivity contribution is 7.10. The molecule has 0 fully saturated rings. The van der Waals surface area contributed by atoms with Crippen molar-refractivity contribution in [3.05, 3.63) is 104 Å². The fourth-order valence-electron chi connectivity index (χ4n) is 4.10. The second kappa shape index (κ2) is 19.8. The van der Waals surface area contributed by atoms with Crippen molar-refractivity contribution >= 4 is 22.7 Å². The average Bonchev–Trinajstić information content (AvgIpc) is 3.78. The van der Waals surface area contributed by atoms with Gasteiger partial charge in [-0.05, 0) is 72.7 Å². The largest absolute Gasteiger partial charge is 0.481 e. The van der Waals surface area contributed by atoms with E-state index in [4.69, 9.17) is 4.74 Å². The van der Waals surface area contributed by atoms with Gasteiger partial charge in [0, 0.05) is 67.5 Å². The molecule has 0 spiro atoms. The smallest absolute Gasteiger partial charge is 0.213 e. The maximum atomic E-state index is 5.04. The number of ether oxygens (including phenoxy) is 1. The zero-order chi connectivity index (χ0) is 41.0. The highest BCUT2D eigenvalue weighted by Gasteiger charge is 2.18. The minimum Gasteiger partial charge on any atom is -0.481 e. The molecule has 0 bridgehead atoms. The first-order chi connectivity index (χ1) is 24.0. The zero-order valence-corrected chi connectivity index (χ0v) is 38.3. The van der Waals surface area contributed by atoms with Crippen LogP contribution in [0, 0.1) is 27.7 Å². The molecule has 0 aliphatic heterocycles. The Balaban J connectivity index is 0.000000332. The fourth-order valence-corrected chi connectivity index (χ4v) is 5.83. The van der Waals surface area contributed by atoms with Gasteiger partial charge in [0.05, 0.1) is 34.1 Å². The predicted octanol–water partition coefficient (Wildman–Crippen LogP) is 12.5. The Morgan fingerprint density at radius 3 is 1.32 bits per heavy atom. The Kier molecular flexibility index (Phi) is 17.7. The van der Waals surface area contributed by atoms with Crippen LogP contribution >= 0.6 is 22.7 Å². The van der Waals surface area contributed by atoms with Gasteiger partial charge in [0.2, 0.25) is 5.88 Å². The molecule has 0 radical (unpaired) electrons. The third-order valence-electron chi connectivity index (χ3n) is 7.42. The molecule has 294 valence electrons. The number of thiazole rings is 2. The van der Waals surface area contributed by atoms with Crippen LogP contribution in [0.2, 0.25) is 0 Å². The quantitative estimate of drug-likeness (QED) is 0.169. The summed E-state index contributed by atoms with van der Waals surface area (Å²) in [6.45, 7) is 40.5. The molecule has 5 aromatic heterocycles. The van der Waals surface area contributed by atoms with Gasteiger partial charge in [0.1, 0.15) is 0 Å². The summed E-state index contributed by atoms with van der Waals surface area (Å²) in [4.78, 5) is 17.6. The Morgan fingerprint density at radius 2 is 1.04 bits per heavy atom. The van der Waals surface area contributed by atoms with Crippen LogP contribution in [0.4, 0.5) is 0 Å². The lowest BCUT2D eigenvalue weighted by molar-refractivity contribution is 0.354. The van der Waals surface area contributed by atoms with E-state index in [1.54, 1.807) is 29.8 Å². The van der Waals surface area contributed by atoms with Crippen LogP contribution in [0.5, 0.6) is 5.88 Å². The Labute approximate surface area is 331 Å². The Morgan fingerprint density at radius 1 is 0.509 bits per heavy atom. The van der Waals surface area contributed by atoms with Gasteiger partial charge in [-0.2, -0.15) is 5.10 Å².